The second-order valence-electron chi connectivity index (χ2n) is 10.8. The number of carbonyl (C=O) groups is 1. The number of nitriles is 1. The standard InChI is InChI=1S/C33H32F2N4O4S/c1-19-27(21-11-13-22(14-12-21)30(34)35)29(33(2,3)4)39-32(43-25-15-10-20(18-36)16-26(25)42-6)28(19)31(40)38-23-8-7-9-24(17-23)44(41)37-5/h7-17,30,37H,1-6H3,(H,38,40). The molecule has 4 rings (SSSR count). The topological polar surface area (TPSA) is 119 Å². The zero-order valence-electron chi connectivity index (χ0n) is 25.1. The van der Waals surface area contributed by atoms with Crippen molar-refractivity contribution in [3.63, 3.8) is 0 Å². The Labute approximate surface area is 258 Å². The fourth-order valence-corrected chi connectivity index (χ4v) is 5.31. The molecule has 0 bridgehead atoms. The highest BCUT2D eigenvalue weighted by Gasteiger charge is 2.30. The molecule has 0 fully saturated rings. The van der Waals surface area contributed by atoms with E-state index in [0.717, 1.165) is 0 Å². The summed E-state index contributed by atoms with van der Waals surface area (Å²) in [6.07, 6.45) is -2.63. The minimum Gasteiger partial charge on any atom is -0.593 e. The second kappa shape index (κ2) is 13.4. The highest BCUT2D eigenvalue weighted by molar-refractivity contribution is 7.89. The summed E-state index contributed by atoms with van der Waals surface area (Å²) in [5.41, 5.74) is 2.44. The van der Waals surface area contributed by atoms with Crippen LogP contribution in [-0.2, 0) is 16.8 Å². The van der Waals surface area contributed by atoms with Crippen LogP contribution in [0.1, 0.15) is 59.9 Å². The molecule has 0 spiro atoms. The Hall–Kier alpha value is -4.50. The molecular weight excluding hydrogens is 586 g/mol. The Balaban J connectivity index is 1.94. The number of alkyl halides is 2. The summed E-state index contributed by atoms with van der Waals surface area (Å²) in [6.45, 7) is 7.60. The zero-order chi connectivity index (χ0) is 32.2. The summed E-state index contributed by atoms with van der Waals surface area (Å²) in [5, 5.41) is 12.2. The lowest BCUT2D eigenvalue weighted by molar-refractivity contribution is 0.102. The van der Waals surface area contributed by atoms with Gasteiger partial charge in [0.15, 0.2) is 16.4 Å². The van der Waals surface area contributed by atoms with Gasteiger partial charge in [0.25, 0.3) is 12.3 Å². The average molecular weight is 619 g/mol. The summed E-state index contributed by atoms with van der Waals surface area (Å²) in [5.74, 6) is -0.0828. The van der Waals surface area contributed by atoms with E-state index in [1.165, 1.54) is 25.3 Å². The van der Waals surface area contributed by atoms with Crippen molar-refractivity contribution in [3.05, 3.63) is 94.7 Å². The molecule has 44 heavy (non-hydrogen) atoms. The molecule has 0 aliphatic heterocycles. The number of benzene rings is 3. The summed E-state index contributed by atoms with van der Waals surface area (Å²) in [7, 11) is 2.99. The van der Waals surface area contributed by atoms with Crippen molar-refractivity contribution < 1.29 is 27.6 Å². The SMILES string of the molecule is CN[S+]([O-])c1cccc(NC(=O)c2c(Oc3ccc(C#N)cc3OC)nc(C(C)(C)C)c(-c3ccc(C(F)F)cc3)c2C)c1. The van der Waals surface area contributed by atoms with Gasteiger partial charge >= 0.3 is 0 Å². The Kier molecular flexibility index (Phi) is 9.89. The molecule has 0 saturated carbocycles. The van der Waals surface area contributed by atoms with Gasteiger partial charge in [0.05, 0.1) is 35.8 Å². The lowest BCUT2D eigenvalue weighted by Gasteiger charge is -2.26. The molecule has 1 heterocycles. The van der Waals surface area contributed by atoms with E-state index in [0.29, 0.717) is 38.5 Å². The van der Waals surface area contributed by atoms with E-state index in [4.69, 9.17) is 14.5 Å². The number of anilines is 1. The van der Waals surface area contributed by atoms with Crippen LogP contribution < -0.4 is 19.5 Å². The minimum atomic E-state index is -2.63. The van der Waals surface area contributed by atoms with Gasteiger partial charge in [-0.15, -0.1) is 4.72 Å². The number of halogens is 2. The van der Waals surface area contributed by atoms with E-state index in [-0.39, 0.29) is 28.5 Å². The molecule has 0 saturated heterocycles. The molecule has 2 N–H and O–H groups in total. The molecule has 0 aliphatic carbocycles. The second-order valence-corrected chi connectivity index (χ2v) is 12.3. The third kappa shape index (κ3) is 7.00. The normalized spacial score (nSPS) is 12.0. The first kappa shape index (κ1) is 32.4. The molecule has 0 radical (unpaired) electrons. The van der Waals surface area contributed by atoms with Crippen LogP contribution in [0.25, 0.3) is 11.1 Å². The smallest absolute Gasteiger partial charge is 0.263 e. The van der Waals surface area contributed by atoms with Gasteiger partial charge in [-0.3, -0.25) is 4.79 Å². The first-order chi connectivity index (χ1) is 20.9. The number of methoxy groups -OCH3 is 1. The van der Waals surface area contributed by atoms with Crippen molar-refractivity contribution in [2.75, 3.05) is 19.5 Å². The first-order valence-corrected chi connectivity index (χ1v) is 14.7. The molecule has 4 aromatic rings. The number of amides is 1. The zero-order valence-corrected chi connectivity index (χ0v) is 25.9. The number of nitrogens with zero attached hydrogens (tertiary/aromatic N) is 2. The maximum absolute atomic E-state index is 14.0. The summed E-state index contributed by atoms with van der Waals surface area (Å²) < 4.78 is 53.4. The number of hydrogen-bond donors (Lipinski definition) is 2. The molecular formula is C33H32F2N4O4S. The molecule has 8 nitrogen and oxygen atoms in total. The maximum Gasteiger partial charge on any atom is 0.263 e. The van der Waals surface area contributed by atoms with Crippen molar-refractivity contribution in [1.82, 2.24) is 9.71 Å². The van der Waals surface area contributed by atoms with Crippen molar-refractivity contribution in [1.29, 1.82) is 5.26 Å². The van der Waals surface area contributed by atoms with Crippen LogP contribution in [0.2, 0.25) is 0 Å². The highest BCUT2D eigenvalue weighted by Crippen LogP contribution is 2.42. The lowest BCUT2D eigenvalue weighted by atomic mass is 9.83. The van der Waals surface area contributed by atoms with E-state index in [9.17, 15) is 23.4 Å². The largest absolute Gasteiger partial charge is 0.593 e. The van der Waals surface area contributed by atoms with E-state index >= 15 is 0 Å². The van der Waals surface area contributed by atoms with Crippen molar-refractivity contribution in [2.45, 2.75) is 44.4 Å². The molecule has 11 heteroatoms. The Bertz CT molecular complexity index is 1720. The van der Waals surface area contributed by atoms with Crippen LogP contribution in [0.4, 0.5) is 14.5 Å². The third-order valence-electron chi connectivity index (χ3n) is 6.79. The van der Waals surface area contributed by atoms with E-state index in [1.807, 2.05) is 20.8 Å². The van der Waals surface area contributed by atoms with Crippen LogP contribution in [0.5, 0.6) is 17.4 Å². The van der Waals surface area contributed by atoms with E-state index in [1.54, 1.807) is 62.5 Å². The maximum atomic E-state index is 14.0. The van der Waals surface area contributed by atoms with E-state index in [2.05, 4.69) is 16.1 Å². The van der Waals surface area contributed by atoms with Crippen LogP contribution in [0.3, 0.4) is 0 Å². The number of pyridine rings is 1. The third-order valence-corrected chi connectivity index (χ3v) is 7.85. The molecule has 0 aliphatic rings. The van der Waals surface area contributed by atoms with Gasteiger partial charge in [-0.05, 0) is 42.3 Å². The predicted octanol–water partition coefficient (Wildman–Crippen LogP) is 7.46. The van der Waals surface area contributed by atoms with Crippen molar-refractivity contribution in [3.8, 4) is 34.6 Å². The van der Waals surface area contributed by atoms with Gasteiger partial charge in [-0.1, -0.05) is 51.1 Å². The van der Waals surface area contributed by atoms with Crippen LogP contribution in [0.15, 0.2) is 71.6 Å². The van der Waals surface area contributed by atoms with Crippen LogP contribution >= 0.6 is 0 Å². The summed E-state index contributed by atoms with van der Waals surface area (Å²) in [4.78, 5) is 19.4. The molecule has 1 atom stereocenters. The molecule has 1 aromatic heterocycles. The Morgan fingerprint density at radius 1 is 1.07 bits per heavy atom. The Morgan fingerprint density at radius 3 is 2.36 bits per heavy atom. The number of carbonyl (C=O) groups excluding carboxylic acids is 1. The van der Waals surface area contributed by atoms with Gasteiger partial charge in [0.2, 0.25) is 5.88 Å². The van der Waals surface area contributed by atoms with E-state index < -0.39 is 29.1 Å². The first-order valence-electron chi connectivity index (χ1n) is 13.6. The molecule has 3 aromatic carbocycles. The number of ether oxygens (including phenoxy) is 2. The van der Waals surface area contributed by atoms with Gasteiger partial charge < -0.3 is 19.3 Å². The van der Waals surface area contributed by atoms with Crippen LogP contribution in [0, 0.1) is 18.3 Å². The molecule has 1 amide bonds. The fraction of sp³-hybridized carbons (Fsp3) is 0.242. The highest BCUT2D eigenvalue weighted by atomic mass is 32.2. The number of hydrogen-bond acceptors (Lipinski definition) is 7. The lowest BCUT2D eigenvalue weighted by Crippen LogP contribution is -2.22. The number of rotatable bonds is 9. The predicted molar refractivity (Wildman–Crippen MR) is 166 cm³/mol. The quantitative estimate of drug-likeness (QED) is 0.187. The minimum absolute atomic E-state index is 0.0177. The van der Waals surface area contributed by atoms with Gasteiger partial charge in [-0.25, -0.2) is 13.8 Å². The van der Waals surface area contributed by atoms with Gasteiger partial charge in [0.1, 0.15) is 5.56 Å². The fourth-order valence-electron chi connectivity index (χ4n) is 4.64. The van der Waals surface area contributed by atoms with Crippen molar-refractivity contribution in [2.24, 2.45) is 0 Å². The van der Waals surface area contributed by atoms with Gasteiger partial charge in [-0.2, -0.15) is 5.26 Å². The van der Waals surface area contributed by atoms with Crippen molar-refractivity contribution >= 4 is 23.0 Å². The van der Waals surface area contributed by atoms with Crippen LogP contribution in [-0.4, -0.2) is 29.6 Å². The summed E-state index contributed by atoms with van der Waals surface area (Å²) in [6, 6.07) is 19.1. The Morgan fingerprint density at radius 2 is 1.77 bits per heavy atom. The average Bonchev–Trinajstić information content (AvgIpc) is 3.00. The summed E-state index contributed by atoms with van der Waals surface area (Å²) >= 11 is -1.48. The molecule has 1 unspecified atom stereocenters. The van der Waals surface area contributed by atoms with Gasteiger partial charge in [0, 0.05) is 41.4 Å². The molecule has 228 valence electrons. The number of aromatic nitrogens is 1. The monoisotopic (exact) mass is 618 g/mol. The number of nitrogens with one attached hydrogen (secondary N) is 2.